The molecule has 1 fully saturated rings. The molecule has 1 aromatic carbocycles. The molecule has 0 radical (unpaired) electrons. The summed E-state index contributed by atoms with van der Waals surface area (Å²) in [4.78, 5) is 21.4. The molecule has 1 heterocycles. The van der Waals surface area contributed by atoms with Crippen LogP contribution in [0, 0.1) is 0 Å². The Morgan fingerprint density at radius 1 is 1.28 bits per heavy atom. The molecule has 1 aliphatic rings. The Morgan fingerprint density at radius 3 is 2.44 bits per heavy atom. The van der Waals surface area contributed by atoms with Crippen LogP contribution in [0.25, 0.3) is 0 Å². The average molecular weight is 345 g/mol. The number of carbonyl (C=O) groups excluding carboxylic acids is 1. The maximum atomic E-state index is 12.8. The SMILES string of the molecule is C=Nc1cc(C(=O)N2CCC(N(CCC)CCC)CC2)ccc1NC. The molecule has 25 heavy (non-hydrogen) atoms. The highest BCUT2D eigenvalue weighted by molar-refractivity contribution is 5.96. The first-order chi connectivity index (χ1) is 12.1. The molecule has 0 atom stereocenters. The fraction of sp³-hybridized carbons (Fsp3) is 0.600. The fourth-order valence-electron chi connectivity index (χ4n) is 3.67. The smallest absolute Gasteiger partial charge is 0.253 e. The Kier molecular flexibility index (Phi) is 7.44. The summed E-state index contributed by atoms with van der Waals surface area (Å²) in [6, 6.07) is 6.21. The summed E-state index contributed by atoms with van der Waals surface area (Å²) in [6.07, 6.45) is 4.50. The van der Waals surface area contributed by atoms with E-state index in [0.717, 1.165) is 50.4 Å². The lowest BCUT2D eigenvalue weighted by Gasteiger charge is -2.38. The number of hydrogen-bond acceptors (Lipinski definition) is 4. The molecule has 5 heteroatoms. The average Bonchev–Trinajstić information content (AvgIpc) is 2.66. The molecule has 5 nitrogen and oxygen atoms in total. The number of amides is 1. The summed E-state index contributed by atoms with van der Waals surface area (Å²) in [7, 11) is 1.84. The van der Waals surface area contributed by atoms with E-state index in [1.165, 1.54) is 12.8 Å². The van der Waals surface area contributed by atoms with Gasteiger partial charge in [0.1, 0.15) is 0 Å². The Morgan fingerprint density at radius 2 is 1.92 bits per heavy atom. The summed E-state index contributed by atoms with van der Waals surface area (Å²) in [5, 5.41) is 3.07. The first kappa shape index (κ1) is 19.4. The number of nitrogens with zero attached hydrogens (tertiary/aromatic N) is 3. The van der Waals surface area contributed by atoms with Crippen LogP contribution >= 0.6 is 0 Å². The van der Waals surface area contributed by atoms with Crippen LogP contribution in [-0.2, 0) is 0 Å². The quantitative estimate of drug-likeness (QED) is 0.730. The predicted octanol–water partition coefficient (Wildman–Crippen LogP) is 3.79. The molecular weight excluding hydrogens is 312 g/mol. The van der Waals surface area contributed by atoms with Crippen molar-refractivity contribution in [1.29, 1.82) is 0 Å². The van der Waals surface area contributed by atoms with E-state index in [1.807, 2.05) is 30.1 Å². The molecule has 0 aromatic heterocycles. The minimum atomic E-state index is 0.100. The molecule has 0 bridgehead atoms. The van der Waals surface area contributed by atoms with Crippen LogP contribution in [0.1, 0.15) is 49.9 Å². The van der Waals surface area contributed by atoms with Gasteiger partial charge in [-0.3, -0.25) is 9.79 Å². The van der Waals surface area contributed by atoms with Gasteiger partial charge in [-0.25, -0.2) is 0 Å². The van der Waals surface area contributed by atoms with Crippen LogP contribution in [0.3, 0.4) is 0 Å². The number of piperidine rings is 1. The van der Waals surface area contributed by atoms with E-state index >= 15 is 0 Å². The zero-order chi connectivity index (χ0) is 18.2. The minimum Gasteiger partial charge on any atom is -0.386 e. The lowest BCUT2D eigenvalue weighted by molar-refractivity contribution is 0.0618. The number of hydrogen-bond donors (Lipinski definition) is 1. The molecule has 1 aliphatic heterocycles. The number of likely N-dealkylation sites (tertiary alicyclic amines) is 1. The molecule has 1 aromatic rings. The number of carbonyl (C=O) groups is 1. The van der Waals surface area contributed by atoms with Crippen LogP contribution < -0.4 is 5.32 Å². The Labute approximate surface area is 152 Å². The number of nitrogens with one attached hydrogen (secondary N) is 1. The number of anilines is 1. The van der Waals surface area contributed by atoms with Gasteiger partial charge in [0.2, 0.25) is 0 Å². The van der Waals surface area contributed by atoms with Crippen molar-refractivity contribution in [2.75, 3.05) is 38.5 Å². The molecule has 1 N–H and O–H groups in total. The van der Waals surface area contributed by atoms with E-state index in [1.54, 1.807) is 0 Å². The highest BCUT2D eigenvalue weighted by Gasteiger charge is 2.27. The van der Waals surface area contributed by atoms with Gasteiger partial charge in [-0.15, -0.1) is 0 Å². The molecular formula is C20H32N4O. The van der Waals surface area contributed by atoms with E-state index in [4.69, 9.17) is 0 Å². The summed E-state index contributed by atoms with van der Waals surface area (Å²) < 4.78 is 0. The van der Waals surface area contributed by atoms with Crippen molar-refractivity contribution in [3.8, 4) is 0 Å². The molecule has 0 saturated carbocycles. The second-order valence-corrected chi connectivity index (χ2v) is 6.70. The molecule has 2 rings (SSSR count). The van der Waals surface area contributed by atoms with Gasteiger partial charge in [-0.1, -0.05) is 13.8 Å². The Bertz CT molecular complexity index is 573. The largest absolute Gasteiger partial charge is 0.386 e. The third kappa shape index (κ3) is 4.82. The normalized spacial score (nSPS) is 15.4. The minimum absolute atomic E-state index is 0.100. The van der Waals surface area contributed by atoms with Crippen molar-refractivity contribution in [3.05, 3.63) is 23.8 Å². The van der Waals surface area contributed by atoms with Gasteiger partial charge in [0.25, 0.3) is 5.91 Å². The molecule has 138 valence electrons. The number of aliphatic imine (C=N–C) groups is 1. The zero-order valence-corrected chi connectivity index (χ0v) is 15.9. The number of benzene rings is 1. The van der Waals surface area contributed by atoms with Crippen LogP contribution in [0.2, 0.25) is 0 Å². The highest BCUT2D eigenvalue weighted by atomic mass is 16.2. The molecule has 1 amide bonds. The van der Waals surface area contributed by atoms with Gasteiger partial charge < -0.3 is 15.1 Å². The topological polar surface area (TPSA) is 47.9 Å². The lowest BCUT2D eigenvalue weighted by atomic mass is 10.0. The van der Waals surface area contributed by atoms with E-state index in [0.29, 0.717) is 11.6 Å². The van der Waals surface area contributed by atoms with Gasteiger partial charge in [0.15, 0.2) is 0 Å². The third-order valence-electron chi connectivity index (χ3n) is 4.97. The van der Waals surface area contributed by atoms with Crippen molar-refractivity contribution in [2.45, 2.75) is 45.6 Å². The van der Waals surface area contributed by atoms with Crippen molar-refractivity contribution in [2.24, 2.45) is 4.99 Å². The zero-order valence-electron chi connectivity index (χ0n) is 15.9. The van der Waals surface area contributed by atoms with E-state index in [2.05, 4.69) is 35.8 Å². The van der Waals surface area contributed by atoms with Crippen LogP contribution in [0.15, 0.2) is 23.2 Å². The van der Waals surface area contributed by atoms with Crippen LogP contribution in [0.4, 0.5) is 11.4 Å². The second kappa shape index (κ2) is 9.56. The lowest BCUT2D eigenvalue weighted by Crippen LogP contribution is -2.47. The maximum absolute atomic E-state index is 12.8. The van der Waals surface area contributed by atoms with Crippen molar-refractivity contribution in [1.82, 2.24) is 9.80 Å². The number of rotatable bonds is 8. The van der Waals surface area contributed by atoms with Crippen LogP contribution in [-0.4, -0.2) is 61.7 Å². The monoisotopic (exact) mass is 344 g/mol. The van der Waals surface area contributed by atoms with Gasteiger partial charge in [0.05, 0.1) is 11.4 Å². The molecule has 0 aliphatic carbocycles. The maximum Gasteiger partial charge on any atom is 0.253 e. The standard InChI is InChI=1S/C20H32N4O/c1-5-11-23(12-6-2)17-9-13-24(14-10-17)20(25)16-7-8-18(21-3)19(15-16)22-4/h7-8,15,17,21H,4-6,9-14H2,1-3H3. The molecule has 0 spiro atoms. The first-order valence-electron chi connectivity index (χ1n) is 9.46. The van der Waals surface area contributed by atoms with E-state index < -0.39 is 0 Å². The van der Waals surface area contributed by atoms with Gasteiger partial charge >= 0.3 is 0 Å². The van der Waals surface area contributed by atoms with E-state index in [9.17, 15) is 4.79 Å². The molecule has 0 unspecified atom stereocenters. The Hall–Kier alpha value is -1.88. The summed E-state index contributed by atoms with van der Waals surface area (Å²) >= 11 is 0. The summed E-state index contributed by atoms with van der Waals surface area (Å²) in [5.74, 6) is 0.100. The predicted molar refractivity (Wildman–Crippen MR) is 106 cm³/mol. The van der Waals surface area contributed by atoms with Crippen LogP contribution in [0.5, 0.6) is 0 Å². The van der Waals surface area contributed by atoms with Gasteiger partial charge in [0, 0.05) is 31.7 Å². The van der Waals surface area contributed by atoms with Crippen molar-refractivity contribution >= 4 is 24.0 Å². The van der Waals surface area contributed by atoms with Crippen molar-refractivity contribution < 1.29 is 4.79 Å². The van der Waals surface area contributed by atoms with Crippen molar-refractivity contribution in [3.63, 3.8) is 0 Å². The summed E-state index contributed by atoms with van der Waals surface area (Å²) in [6.45, 7) is 12.1. The third-order valence-corrected chi connectivity index (χ3v) is 4.97. The fourth-order valence-corrected chi connectivity index (χ4v) is 3.67. The highest BCUT2D eigenvalue weighted by Crippen LogP contribution is 2.27. The summed E-state index contributed by atoms with van der Waals surface area (Å²) in [5.41, 5.74) is 2.30. The second-order valence-electron chi connectivity index (χ2n) is 6.70. The van der Waals surface area contributed by atoms with Gasteiger partial charge in [-0.2, -0.15) is 0 Å². The first-order valence-corrected chi connectivity index (χ1v) is 9.46. The Balaban J connectivity index is 2.00. The van der Waals surface area contributed by atoms with Gasteiger partial charge in [-0.05, 0) is 63.7 Å². The molecule has 1 saturated heterocycles. The van der Waals surface area contributed by atoms with E-state index in [-0.39, 0.29) is 5.91 Å².